The molecular formula is C17H21N3O3S. The Bertz CT molecular complexity index is 826. The van der Waals surface area contributed by atoms with Crippen LogP contribution in [0.3, 0.4) is 0 Å². The zero-order valence-electron chi connectivity index (χ0n) is 13.5. The van der Waals surface area contributed by atoms with Gasteiger partial charge in [-0.2, -0.15) is 9.40 Å². The first kappa shape index (κ1) is 16.9. The van der Waals surface area contributed by atoms with E-state index in [1.165, 1.54) is 9.71 Å². The van der Waals surface area contributed by atoms with E-state index in [2.05, 4.69) is 5.10 Å². The maximum atomic E-state index is 12.6. The maximum Gasteiger partial charge on any atom is 0.236 e. The summed E-state index contributed by atoms with van der Waals surface area (Å²) in [5.41, 5.74) is 2.22. The third-order valence-electron chi connectivity index (χ3n) is 4.02. The average Bonchev–Trinajstić information content (AvgIpc) is 2.86. The maximum absolute atomic E-state index is 12.6. The monoisotopic (exact) mass is 347 g/mol. The van der Waals surface area contributed by atoms with Gasteiger partial charge >= 0.3 is 0 Å². The van der Waals surface area contributed by atoms with Crippen molar-refractivity contribution in [3.63, 3.8) is 0 Å². The number of fused-ring (bicyclic) bond motifs is 1. The second kappa shape index (κ2) is 6.88. The van der Waals surface area contributed by atoms with Gasteiger partial charge in [0.15, 0.2) is 0 Å². The second-order valence-corrected chi connectivity index (χ2v) is 7.72. The molecule has 2 aromatic rings. The molecule has 3 rings (SSSR count). The molecule has 1 aromatic carbocycles. The molecule has 1 aliphatic heterocycles. The van der Waals surface area contributed by atoms with Crippen LogP contribution < -0.4 is 0 Å². The van der Waals surface area contributed by atoms with Gasteiger partial charge in [-0.3, -0.25) is 4.68 Å². The molecule has 1 N–H and O–H groups in total. The van der Waals surface area contributed by atoms with Crippen molar-refractivity contribution in [3.05, 3.63) is 58.8 Å². The zero-order valence-corrected chi connectivity index (χ0v) is 14.4. The Labute approximate surface area is 142 Å². The molecule has 0 fully saturated rings. The summed E-state index contributed by atoms with van der Waals surface area (Å²) in [6, 6.07) is 11.1. The summed E-state index contributed by atoms with van der Waals surface area (Å²) < 4.78 is 28.5. The third kappa shape index (κ3) is 3.75. The summed E-state index contributed by atoms with van der Waals surface area (Å²) in [4.78, 5) is 0. The van der Waals surface area contributed by atoms with Crippen molar-refractivity contribution in [2.24, 2.45) is 0 Å². The quantitative estimate of drug-likeness (QED) is 0.919. The molecule has 2 heterocycles. The molecule has 0 radical (unpaired) electrons. The normalized spacial score (nSPS) is 17.6. The van der Waals surface area contributed by atoms with Crippen LogP contribution >= 0.6 is 0 Å². The van der Waals surface area contributed by atoms with E-state index in [4.69, 9.17) is 0 Å². The summed E-state index contributed by atoms with van der Waals surface area (Å²) in [6.45, 7) is 3.02. The van der Waals surface area contributed by atoms with Crippen LogP contribution in [0.2, 0.25) is 0 Å². The van der Waals surface area contributed by atoms with Crippen molar-refractivity contribution in [2.45, 2.75) is 32.5 Å². The largest absolute Gasteiger partial charge is 0.387 e. The minimum absolute atomic E-state index is 0.265. The van der Waals surface area contributed by atoms with E-state index >= 15 is 0 Å². The molecule has 24 heavy (non-hydrogen) atoms. The molecule has 1 aliphatic rings. The van der Waals surface area contributed by atoms with E-state index in [-0.39, 0.29) is 6.54 Å². The van der Waals surface area contributed by atoms with Crippen molar-refractivity contribution < 1.29 is 13.5 Å². The molecule has 7 heteroatoms. The van der Waals surface area contributed by atoms with Gasteiger partial charge in [-0.15, -0.1) is 0 Å². The lowest BCUT2D eigenvalue weighted by Gasteiger charge is -2.17. The number of aliphatic hydroxyl groups excluding tert-OH is 1. The van der Waals surface area contributed by atoms with Gasteiger partial charge in [-0.05, 0) is 31.1 Å². The lowest BCUT2D eigenvalue weighted by Crippen LogP contribution is -2.29. The van der Waals surface area contributed by atoms with Gasteiger partial charge in [0.2, 0.25) is 10.0 Å². The van der Waals surface area contributed by atoms with Crippen molar-refractivity contribution in [1.29, 1.82) is 0 Å². The van der Waals surface area contributed by atoms with E-state index in [1.54, 1.807) is 23.7 Å². The Kier molecular flexibility index (Phi) is 4.84. The zero-order chi connectivity index (χ0) is 17.2. The predicted octanol–water partition coefficient (Wildman–Crippen LogP) is 2.14. The third-order valence-corrected chi connectivity index (χ3v) is 5.53. The topological polar surface area (TPSA) is 75.4 Å². The van der Waals surface area contributed by atoms with Crippen molar-refractivity contribution >= 4 is 16.1 Å². The van der Waals surface area contributed by atoms with Gasteiger partial charge in [0.25, 0.3) is 0 Å². The van der Waals surface area contributed by atoms with Crippen LogP contribution in [0.1, 0.15) is 36.4 Å². The standard InChI is InChI=1S/C17H21N3O3S/c1-14(21)17-12-16-13-19(9-5-10-20(16)18-17)24(22,23)11-8-15-6-3-2-4-7-15/h2-4,6-8,11-12,14,21H,5,9-10,13H2,1H3/b11-8+/t14-/m0/s1. The summed E-state index contributed by atoms with van der Waals surface area (Å²) in [5.74, 6) is 0. The number of hydrogen-bond acceptors (Lipinski definition) is 4. The van der Waals surface area contributed by atoms with Gasteiger partial charge in [-0.25, -0.2) is 8.42 Å². The molecule has 0 amide bonds. The van der Waals surface area contributed by atoms with E-state index in [0.29, 0.717) is 25.2 Å². The highest BCUT2D eigenvalue weighted by molar-refractivity contribution is 7.92. The molecular weight excluding hydrogens is 326 g/mol. The molecule has 0 spiro atoms. The fraction of sp³-hybridized carbons (Fsp3) is 0.353. The van der Waals surface area contributed by atoms with Gasteiger partial charge in [0.05, 0.1) is 24.0 Å². The van der Waals surface area contributed by atoms with Gasteiger partial charge in [0, 0.05) is 18.5 Å². The van der Waals surface area contributed by atoms with Gasteiger partial charge in [-0.1, -0.05) is 30.3 Å². The van der Waals surface area contributed by atoms with Gasteiger partial charge < -0.3 is 5.11 Å². The minimum Gasteiger partial charge on any atom is -0.387 e. The first-order valence-electron chi connectivity index (χ1n) is 7.94. The first-order valence-corrected chi connectivity index (χ1v) is 9.44. The summed E-state index contributed by atoms with van der Waals surface area (Å²) in [6.07, 6.45) is 1.64. The Morgan fingerprint density at radius 1 is 1.25 bits per heavy atom. The predicted molar refractivity (Wildman–Crippen MR) is 92.3 cm³/mol. The van der Waals surface area contributed by atoms with E-state index in [0.717, 1.165) is 11.3 Å². The number of sulfonamides is 1. The Morgan fingerprint density at radius 3 is 2.71 bits per heavy atom. The molecule has 0 aliphatic carbocycles. The lowest BCUT2D eigenvalue weighted by atomic mass is 10.2. The van der Waals surface area contributed by atoms with Crippen LogP contribution in [0, 0.1) is 0 Å². The highest BCUT2D eigenvalue weighted by Gasteiger charge is 2.25. The summed E-state index contributed by atoms with van der Waals surface area (Å²) in [7, 11) is -3.51. The molecule has 0 bridgehead atoms. The van der Waals surface area contributed by atoms with Crippen LogP contribution in [0.5, 0.6) is 0 Å². The van der Waals surface area contributed by atoms with Crippen molar-refractivity contribution in [2.75, 3.05) is 6.54 Å². The van der Waals surface area contributed by atoms with E-state index < -0.39 is 16.1 Å². The number of hydrogen-bond donors (Lipinski definition) is 1. The first-order chi connectivity index (χ1) is 11.5. The fourth-order valence-electron chi connectivity index (χ4n) is 2.69. The lowest BCUT2D eigenvalue weighted by molar-refractivity contribution is 0.193. The number of aryl methyl sites for hydroxylation is 1. The molecule has 0 saturated carbocycles. The molecule has 128 valence electrons. The molecule has 1 atom stereocenters. The average molecular weight is 347 g/mol. The number of rotatable bonds is 4. The van der Waals surface area contributed by atoms with Crippen molar-refractivity contribution in [1.82, 2.24) is 14.1 Å². The van der Waals surface area contributed by atoms with Gasteiger partial charge in [0.1, 0.15) is 0 Å². The van der Waals surface area contributed by atoms with Crippen LogP contribution in [0.25, 0.3) is 6.08 Å². The molecule has 0 saturated heterocycles. The van der Waals surface area contributed by atoms with E-state index in [9.17, 15) is 13.5 Å². The fourth-order valence-corrected chi connectivity index (χ4v) is 3.89. The number of aliphatic hydroxyl groups is 1. The highest BCUT2D eigenvalue weighted by atomic mass is 32.2. The number of benzene rings is 1. The Balaban J connectivity index is 1.81. The van der Waals surface area contributed by atoms with Crippen LogP contribution in [0.4, 0.5) is 0 Å². The van der Waals surface area contributed by atoms with Crippen molar-refractivity contribution in [3.8, 4) is 0 Å². The summed E-state index contributed by atoms with van der Waals surface area (Å²) in [5, 5.41) is 15.3. The summed E-state index contributed by atoms with van der Waals surface area (Å²) >= 11 is 0. The van der Waals surface area contributed by atoms with Crippen LogP contribution in [0.15, 0.2) is 41.8 Å². The molecule has 1 aromatic heterocycles. The number of aromatic nitrogens is 2. The SMILES string of the molecule is C[C@H](O)c1cc2n(n1)CCCN(S(=O)(=O)/C=C/c1ccccc1)C2. The Hall–Kier alpha value is -1.96. The smallest absolute Gasteiger partial charge is 0.236 e. The Morgan fingerprint density at radius 2 is 2.00 bits per heavy atom. The molecule has 0 unspecified atom stereocenters. The number of nitrogens with zero attached hydrogens (tertiary/aromatic N) is 3. The van der Waals surface area contributed by atoms with Crippen LogP contribution in [-0.4, -0.2) is 34.2 Å². The molecule has 6 nitrogen and oxygen atoms in total. The highest BCUT2D eigenvalue weighted by Crippen LogP contribution is 2.20. The van der Waals surface area contributed by atoms with E-state index in [1.807, 2.05) is 30.3 Å². The second-order valence-electron chi connectivity index (χ2n) is 5.91. The van der Waals surface area contributed by atoms with Crippen LogP contribution in [-0.2, 0) is 23.1 Å². The minimum atomic E-state index is -3.51.